The zero-order valence-corrected chi connectivity index (χ0v) is 5.18. The van der Waals surface area contributed by atoms with Crippen LogP contribution in [0.1, 0.15) is 32.6 Å². The molecule has 0 radical (unpaired) electrons. The van der Waals surface area contributed by atoms with Crippen LogP contribution >= 0.6 is 0 Å². The summed E-state index contributed by atoms with van der Waals surface area (Å²) in [4.78, 5) is 9.87. The summed E-state index contributed by atoms with van der Waals surface area (Å²) >= 11 is 0. The van der Waals surface area contributed by atoms with Crippen LogP contribution in [0.4, 0.5) is 0 Å². The Kier molecular flexibility index (Phi) is 9.80. The fraction of sp³-hybridized carbons (Fsp3) is 0.833. The summed E-state index contributed by atoms with van der Waals surface area (Å²) < 4.78 is 0. The molecule has 56 valence electrons. The number of aliphatic carboxylic acids is 1. The summed E-state index contributed by atoms with van der Waals surface area (Å²) in [6.07, 6.45) is 3.28. The van der Waals surface area contributed by atoms with Gasteiger partial charge in [-0.2, -0.15) is 0 Å². The van der Waals surface area contributed by atoms with E-state index in [0.29, 0.717) is 6.42 Å². The van der Waals surface area contributed by atoms with Gasteiger partial charge in [-0.15, -0.1) is 0 Å². The first-order valence-corrected chi connectivity index (χ1v) is 2.99. The summed E-state index contributed by atoms with van der Waals surface area (Å²) in [7, 11) is 0. The minimum absolute atomic E-state index is 0. The van der Waals surface area contributed by atoms with Gasteiger partial charge in [0.1, 0.15) is 0 Å². The van der Waals surface area contributed by atoms with E-state index in [2.05, 4.69) is 6.92 Å². The number of carboxylic acids is 1. The molecule has 0 spiro atoms. The molecular formula is C6H16O2Si. The molecule has 0 aliphatic carbocycles. The van der Waals surface area contributed by atoms with Gasteiger partial charge in [-0.3, -0.25) is 4.79 Å². The number of carbonyl (C=O) groups is 1. The van der Waals surface area contributed by atoms with Crippen molar-refractivity contribution in [2.75, 3.05) is 0 Å². The molecule has 0 aromatic carbocycles. The van der Waals surface area contributed by atoms with Gasteiger partial charge in [-0.05, 0) is 17.4 Å². The highest BCUT2D eigenvalue weighted by molar-refractivity contribution is 5.75. The quantitative estimate of drug-likeness (QED) is 0.457. The van der Waals surface area contributed by atoms with Crippen molar-refractivity contribution in [1.29, 1.82) is 0 Å². The molecule has 0 aliphatic heterocycles. The zero-order chi connectivity index (χ0) is 6.41. The van der Waals surface area contributed by atoms with Crippen LogP contribution < -0.4 is 0 Å². The van der Waals surface area contributed by atoms with E-state index in [0.717, 1.165) is 19.3 Å². The Labute approximate surface area is 60.3 Å². The van der Waals surface area contributed by atoms with E-state index in [9.17, 15) is 4.79 Å². The Bertz CT molecular complexity index is 73.5. The summed E-state index contributed by atoms with van der Waals surface area (Å²) in [5.41, 5.74) is 0. The maximum absolute atomic E-state index is 9.87. The van der Waals surface area contributed by atoms with E-state index < -0.39 is 5.97 Å². The largest absolute Gasteiger partial charge is 0.481 e. The first-order valence-electron chi connectivity index (χ1n) is 2.99. The Hall–Kier alpha value is -0.313. The average Bonchev–Trinajstić information content (AvgIpc) is 1.66. The predicted molar refractivity (Wildman–Crippen MR) is 43.1 cm³/mol. The lowest BCUT2D eigenvalue weighted by atomic mass is 10.2. The average molecular weight is 148 g/mol. The third-order valence-corrected chi connectivity index (χ3v) is 0.994. The number of rotatable bonds is 4. The molecule has 2 nitrogen and oxygen atoms in total. The molecule has 0 rings (SSSR count). The molecule has 0 fully saturated rings. The van der Waals surface area contributed by atoms with Gasteiger partial charge in [-0.1, -0.05) is 19.8 Å². The molecular weight excluding hydrogens is 132 g/mol. The molecule has 0 saturated heterocycles. The van der Waals surface area contributed by atoms with E-state index >= 15 is 0 Å². The smallest absolute Gasteiger partial charge is 0.303 e. The van der Waals surface area contributed by atoms with Gasteiger partial charge in [0.15, 0.2) is 0 Å². The number of hydrogen-bond acceptors (Lipinski definition) is 1. The first-order chi connectivity index (χ1) is 3.77. The minimum Gasteiger partial charge on any atom is -0.481 e. The number of unbranched alkanes of at least 4 members (excludes halogenated alkanes) is 2. The van der Waals surface area contributed by atoms with E-state index in [1.165, 1.54) is 0 Å². The van der Waals surface area contributed by atoms with E-state index in [-0.39, 0.29) is 11.0 Å². The highest BCUT2D eigenvalue weighted by Crippen LogP contribution is 1.97. The molecule has 0 amide bonds. The van der Waals surface area contributed by atoms with Gasteiger partial charge in [0, 0.05) is 6.42 Å². The molecule has 0 saturated carbocycles. The Morgan fingerprint density at radius 2 is 2.00 bits per heavy atom. The highest BCUT2D eigenvalue weighted by atomic mass is 28.1. The minimum atomic E-state index is -0.682. The maximum atomic E-state index is 9.87. The summed E-state index contributed by atoms with van der Waals surface area (Å²) in [6, 6.07) is 0. The fourth-order valence-electron chi connectivity index (χ4n) is 0.526. The van der Waals surface area contributed by atoms with Crippen molar-refractivity contribution >= 4 is 16.9 Å². The number of carboxylic acid groups (broad SMARTS) is 1. The Morgan fingerprint density at radius 3 is 2.33 bits per heavy atom. The molecule has 1 N–H and O–H groups in total. The molecule has 0 unspecified atom stereocenters. The van der Waals surface area contributed by atoms with Crippen molar-refractivity contribution < 1.29 is 9.90 Å². The fourth-order valence-corrected chi connectivity index (χ4v) is 0.526. The van der Waals surface area contributed by atoms with Crippen molar-refractivity contribution in [1.82, 2.24) is 0 Å². The predicted octanol–water partition coefficient (Wildman–Crippen LogP) is 0.200. The van der Waals surface area contributed by atoms with Crippen LogP contribution in [0, 0.1) is 0 Å². The second-order valence-corrected chi connectivity index (χ2v) is 1.85. The topological polar surface area (TPSA) is 37.3 Å². The lowest BCUT2D eigenvalue weighted by Crippen LogP contribution is -1.92. The second-order valence-electron chi connectivity index (χ2n) is 1.85. The number of hydrogen-bond donors (Lipinski definition) is 1. The monoisotopic (exact) mass is 148 g/mol. The van der Waals surface area contributed by atoms with Crippen molar-refractivity contribution in [3.63, 3.8) is 0 Å². The van der Waals surface area contributed by atoms with Crippen molar-refractivity contribution in [3.8, 4) is 0 Å². The van der Waals surface area contributed by atoms with Crippen molar-refractivity contribution in [2.24, 2.45) is 0 Å². The van der Waals surface area contributed by atoms with Crippen molar-refractivity contribution in [2.45, 2.75) is 32.6 Å². The van der Waals surface area contributed by atoms with Crippen LogP contribution in [0.2, 0.25) is 0 Å². The second kappa shape index (κ2) is 7.69. The van der Waals surface area contributed by atoms with Crippen LogP contribution in [0.15, 0.2) is 0 Å². The molecule has 0 aromatic rings. The van der Waals surface area contributed by atoms with E-state index in [1.807, 2.05) is 0 Å². The Morgan fingerprint density at radius 1 is 1.44 bits per heavy atom. The van der Waals surface area contributed by atoms with E-state index in [4.69, 9.17) is 5.11 Å². The lowest BCUT2D eigenvalue weighted by molar-refractivity contribution is -0.137. The molecule has 0 aromatic heterocycles. The standard InChI is InChI=1S/C6H12O2.H4Si/c1-2-3-4-5-6(7)8;/h2-5H2,1H3,(H,7,8);1H4. The SMILES string of the molecule is CCCCCC(=O)O.[SiH4]. The molecule has 0 aliphatic rings. The van der Waals surface area contributed by atoms with Gasteiger partial charge < -0.3 is 5.11 Å². The van der Waals surface area contributed by atoms with Gasteiger partial charge in [0.2, 0.25) is 0 Å². The highest BCUT2D eigenvalue weighted by Gasteiger charge is 1.92. The summed E-state index contributed by atoms with van der Waals surface area (Å²) in [5, 5.41) is 8.14. The normalized spacial score (nSPS) is 8.11. The molecule has 0 bridgehead atoms. The van der Waals surface area contributed by atoms with Crippen LogP contribution in [-0.4, -0.2) is 22.0 Å². The Balaban J connectivity index is 0. The van der Waals surface area contributed by atoms with Gasteiger partial charge in [-0.25, -0.2) is 0 Å². The molecule has 3 heteroatoms. The zero-order valence-electron chi connectivity index (χ0n) is 5.18. The van der Waals surface area contributed by atoms with Crippen molar-refractivity contribution in [3.05, 3.63) is 0 Å². The molecule has 0 heterocycles. The van der Waals surface area contributed by atoms with Crippen LogP contribution in [-0.2, 0) is 4.79 Å². The van der Waals surface area contributed by atoms with Crippen LogP contribution in [0.3, 0.4) is 0 Å². The first kappa shape index (κ1) is 11.5. The van der Waals surface area contributed by atoms with Crippen LogP contribution in [0.5, 0.6) is 0 Å². The molecule has 9 heavy (non-hydrogen) atoms. The third-order valence-electron chi connectivity index (χ3n) is 0.994. The summed E-state index contributed by atoms with van der Waals surface area (Å²) in [5.74, 6) is -0.682. The third kappa shape index (κ3) is 11.3. The van der Waals surface area contributed by atoms with Gasteiger partial charge in [0.25, 0.3) is 0 Å². The van der Waals surface area contributed by atoms with Gasteiger partial charge >= 0.3 is 5.97 Å². The lowest BCUT2D eigenvalue weighted by Gasteiger charge is -1.89. The van der Waals surface area contributed by atoms with Gasteiger partial charge in [0.05, 0.1) is 0 Å². The summed E-state index contributed by atoms with van der Waals surface area (Å²) in [6.45, 7) is 2.06. The maximum Gasteiger partial charge on any atom is 0.303 e. The van der Waals surface area contributed by atoms with Crippen LogP contribution in [0.25, 0.3) is 0 Å². The van der Waals surface area contributed by atoms with E-state index in [1.54, 1.807) is 0 Å². The molecule has 0 atom stereocenters.